The zero-order chi connectivity index (χ0) is 14.7. The van der Waals surface area contributed by atoms with Gasteiger partial charge in [0.1, 0.15) is 0 Å². The van der Waals surface area contributed by atoms with Gasteiger partial charge in [0.15, 0.2) is 0 Å². The van der Waals surface area contributed by atoms with Crippen molar-refractivity contribution in [3.63, 3.8) is 0 Å². The normalized spacial score (nSPS) is 15.5. The first kappa shape index (κ1) is 14.5. The van der Waals surface area contributed by atoms with Crippen LogP contribution in [0.25, 0.3) is 0 Å². The molecule has 3 N–H and O–H groups in total. The van der Waals surface area contributed by atoms with E-state index in [0.717, 1.165) is 23.6 Å². The maximum Gasteiger partial charge on any atom is 0.275 e. The number of hydrogen-bond acceptors (Lipinski definition) is 7. The van der Waals surface area contributed by atoms with Gasteiger partial charge >= 0.3 is 0 Å². The van der Waals surface area contributed by atoms with Gasteiger partial charge in [-0.1, -0.05) is 24.6 Å². The zero-order valence-electron chi connectivity index (χ0n) is 11.4. The maximum absolute atomic E-state index is 11.7. The van der Waals surface area contributed by atoms with Gasteiger partial charge in [0.2, 0.25) is 5.16 Å². The highest BCUT2D eigenvalue weighted by Crippen LogP contribution is 2.33. The van der Waals surface area contributed by atoms with E-state index in [0.29, 0.717) is 16.7 Å². The highest BCUT2D eigenvalue weighted by Gasteiger charge is 2.22. The monoisotopic (exact) mass is 324 g/mol. The first-order valence-electron chi connectivity index (χ1n) is 6.77. The number of aromatic nitrogens is 4. The van der Waals surface area contributed by atoms with E-state index in [2.05, 4.69) is 21.0 Å². The van der Waals surface area contributed by atoms with Gasteiger partial charge in [0, 0.05) is 5.75 Å². The van der Waals surface area contributed by atoms with Gasteiger partial charge in [-0.2, -0.15) is 0 Å². The molecule has 1 amide bonds. The summed E-state index contributed by atoms with van der Waals surface area (Å²) in [7, 11) is 0. The Morgan fingerprint density at radius 2 is 2.33 bits per heavy atom. The Kier molecular flexibility index (Phi) is 4.51. The van der Waals surface area contributed by atoms with Gasteiger partial charge in [0.25, 0.3) is 5.91 Å². The third-order valence-corrected chi connectivity index (χ3v) is 5.51. The van der Waals surface area contributed by atoms with E-state index < -0.39 is 0 Å². The topological polar surface area (TPSA) is 98.7 Å². The lowest BCUT2D eigenvalue weighted by atomic mass is 10.3. The number of nitrogens with two attached hydrogens (primary N) is 1. The second-order valence-corrected chi connectivity index (χ2v) is 6.74. The number of thioether (sulfide) groups is 1. The van der Waals surface area contributed by atoms with Crippen LogP contribution in [-0.2, 0) is 5.75 Å². The number of rotatable bonds is 5. The second-order valence-electron chi connectivity index (χ2n) is 4.88. The molecule has 0 atom stereocenters. The summed E-state index contributed by atoms with van der Waals surface area (Å²) in [6.45, 7) is 0. The van der Waals surface area contributed by atoms with Crippen molar-refractivity contribution in [3.05, 3.63) is 21.9 Å². The Balaban J connectivity index is 1.70. The van der Waals surface area contributed by atoms with E-state index in [1.807, 2.05) is 16.1 Å². The Hall–Kier alpha value is -1.45. The fourth-order valence-corrected chi connectivity index (χ4v) is 4.37. The molecule has 1 aliphatic rings. The van der Waals surface area contributed by atoms with Gasteiger partial charge in [-0.3, -0.25) is 10.2 Å². The minimum Gasteiger partial charge on any atom is -0.289 e. The van der Waals surface area contributed by atoms with E-state index >= 15 is 0 Å². The third-order valence-electron chi connectivity index (χ3n) is 3.57. The van der Waals surface area contributed by atoms with Crippen molar-refractivity contribution < 1.29 is 4.79 Å². The van der Waals surface area contributed by atoms with Crippen LogP contribution in [0.3, 0.4) is 0 Å². The molecule has 0 unspecified atom stereocenters. The van der Waals surface area contributed by atoms with Gasteiger partial charge in [0.05, 0.1) is 10.9 Å². The molecule has 0 spiro atoms. The summed E-state index contributed by atoms with van der Waals surface area (Å²) in [5.74, 6) is 5.59. The molecular weight excluding hydrogens is 308 g/mol. The highest BCUT2D eigenvalue weighted by atomic mass is 32.2. The number of nitrogens with zero attached hydrogens (tertiary/aromatic N) is 4. The summed E-state index contributed by atoms with van der Waals surface area (Å²) in [6, 6.07) is 2.35. The highest BCUT2D eigenvalue weighted by molar-refractivity contribution is 7.98. The Morgan fingerprint density at radius 3 is 3.10 bits per heavy atom. The first-order chi connectivity index (χ1) is 10.3. The molecule has 1 saturated carbocycles. The molecular formula is C12H16N6OS2. The van der Waals surface area contributed by atoms with Gasteiger partial charge < -0.3 is 0 Å². The molecule has 2 aromatic rings. The Bertz CT molecular complexity index is 619. The van der Waals surface area contributed by atoms with Crippen LogP contribution < -0.4 is 11.3 Å². The fraction of sp³-hybridized carbons (Fsp3) is 0.500. The zero-order valence-corrected chi connectivity index (χ0v) is 13.0. The molecule has 0 radical (unpaired) electrons. The van der Waals surface area contributed by atoms with Crippen LogP contribution in [0.15, 0.2) is 16.6 Å². The average Bonchev–Trinajstić information content (AvgIpc) is 3.22. The number of thiophene rings is 1. The number of hydrazine groups is 1. The fourth-order valence-electron chi connectivity index (χ4n) is 2.51. The molecule has 2 aromatic heterocycles. The van der Waals surface area contributed by atoms with E-state index in [9.17, 15) is 4.79 Å². The van der Waals surface area contributed by atoms with Gasteiger partial charge in [-0.25, -0.2) is 10.5 Å². The minimum absolute atomic E-state index is 0.254. The lowest BCUT2D eigenvalue weighted by Crippen LogP contribution is -2.29. The second kappa shape index (κ2) is 6.54. The number of carbonyl (C=O) groups is 1. The molecule has 2 heterocycles. The molecule has 0 aromatic carbocycles. The SMILES string of the molecule is NNC(=O)c1sccc1CSc1nnnn1C1CCCC1. The van der Waals surface area contributed by atoms with E-state index in [-0.39, 0.29) is 5.91 Å². The number of hydrogen-bond donors (Lipinski definition) is 2. The number of carbonyl (C=O) groups excluding carboxylic acids is 1. The van der Waals surface area contributed by atoms with Gasteiger partial charge in [-0.15, -0.1) is 16.4 Å². The minimum atomic E-state index is -0.254. The predicted molar refractivity (Wildman–Crippen MR) is 80.9 cm³/mol. The molecule has 0 saturated heterocycles. The van der Waals surface area contributed by atoms with E-state index in [4.69, 9.17) is 5.84 Å². The molecule has 21 heavy (non-hydrogen) atoms. The number of tetrazole rings is 1. The summed E-state index contributed by atoms with van der Waals surface area (Å²) >= 11 is 2.94. The summed E-state index contributed by atoms with van der Waals surface area (Å²) in [5.41, 5.74) is 3.13. The first-order valence-corrected chi connectivity index (χ1v) is 8.64. The van der Waals surface area contributed by atoms with Crippen molar-refractivity contribution >= 4 is 29.0 Å². The van der Waals surface area contributed by atoms with E-state index in [1.165, 1.54) is 24.2 Å². The number of nitrogens with one attached hydrogen (secondary N) is 1. The van der Waals surface area contributed by atoms with Crippen LogP contribution in [0.5, 0.6) is 0 Å². The molecule has 0 aliphatic heterocycles. The van der Waals surface area contributed by atoms with Crippen molar-refractivity contribution in [1.82, 2.24) is 25.6 Å². The number of nitrogen functional groups attached to an aromatic ring is 1. The van der Waals surface area contributed by atoms with Crippen LogP contribution >= 0.6 is 23.1 Å². The van der Waals surface area contributed by atoms with Crippen molar-refractivity contribution in [2.45, 2.75) is 42.6 Å². The van der Waals surface area contributed by atoms with Crippen LogP contribution in [-0.4, -0.2) is 26.1 Å². The molecule has 112 valence electrons. The van der Waals surface area contributed by atoms with E-state index in [1.54, 1.807) is 11.8 Å². The summed E-state index contributed by atoms with van der Waals surface area (Å²) < 4.78 is 1.92. The van der Waals surface area contributed by atoms with Gasteiger partial charge in [-0.05, 0) is 40.3 Å². The van der Waals surface area contributed by atoms with Crippen LogP contribution in [0.1, 0.15) is 47.0 Å². The molecule has 1 aliphatic carbocycles. The summed E-state index contributed by atoms with van der Waals surface area (Å²) in [5, 5.41) is 14.7. The van der Waals surface area contributed by atoms with Crippen molar-refractivity contribution in [1.29, 1.82) is 0 Å². The molecule has 9 heteroatoms. The van der Waals surface area contributed by atoms with Crippen molar-refractivity contribution in [3.8, 4) is 0 Å². The standard InChI is InChI=1S/C12H16N6OS2/c13-14-11(19)10-8(5-6-20-10)7-21-12-15-16-17-18(12)9-3-1-2-4-9/h5-6,9H,1-4,7,13H2,(H,14,19). The lowest BCUT2D eigenvalue weighted by Gasteiger charge is -2.10. The maximum atomic E-state index is 11.7. The summed E-state index contributed by atoms with van der Waals surface area (Å²) in [4.78, 5) is 12.3. The van der Waals surface area contributed by atoms with Crippen LogP contribution in [0, 0.1) is 0 Å². The summed E-state index contributed by atoms with van der Waals surface area (Å²) in [6.07, 6.45) is 4.75. The van der Waals surface area contributed by atoms with Crippen LogP contribution in [0.2, 0.25) is 0 Å². The number of amides is 1. The van der Waals surface area contributed by atoms with Crippen molar-refractivity contribution in [2.24, 2.45) is 5.84 Å². The Labute approximate surface area is 130 Å². The largest absolute Gasteiger partial charge is 0.289 e. The molecule has 1 fully saturated rings. The quantitative estimate of drug-likeness (QED) is 0.376. The van der Waals surface area contributed by atoms with Crippen LogP contribution in [0.4, 0.5) is 0 Å². The lowest BCUT2D eigenvalue weighted by molar-refractivity contribution is 0.0957. The molecule has 3 rings (SSSR count). The third kappa shape index (κ3) is 3.09. The van der Waals surface area contributed by atoms with Crippen molar-refractivity contribution in [2.75, 3.05) is 0 Å². The Morgan fingerprint density at radius 1 is 1.52 bits per heavy atom. The average molecular weight is 324 g/mol. The molecule has 7 nitrogen and oxygen atoms in total. The predicted octanol–water partition coefficient (Wildman–Crippen LogP) is 1.75. The smallest absolute Gasteiger partial charge is 0.275 e. The molecule has 0 bridgehead atoms.